The molecule has 1 aromatic heterocycles. The first-order chi connectivity index (χ1) is 11.2. The number of aryl methyl sites for hydroxylation is 1. The second-order valence-electron chi connectivity index (χ2n) is 6.37. The molecule has 4 nitrogen and oxygen atoms in total. The van der Waals surface area contributed by atoms with Crippen molar-refractivity contribution in [3.63, 3.8) is 0 Å². The molecule has 1 fully saturated rings. The van der Waals surface area contributed by atoms with Gasteiger partial charge in [0.1, 0.15) is 11.5 Å². The predicted molar refractivity (Wildman–Crippen MR) is 91.1 cm³/mol. The summed E-state index contributed by atoms with van der Waals surface area (Å²) in [6, 6.07) is 15.1. The second kappa shape index (κ2) is 7.77. The molecule has 0 amide bonds. The van der Waals surface area contributed by atoms with Crippen LogP contribution in [0.1, 0.15) is 23.5 Å². The van der Waals surface area contributed by atoms with Crippen LogP contribution in [0.2, 0.25) is 0 Å². The number of rotatable bonds is 6. The summed E-state index contributed by atoms with van der Waals surface area (Å²) in [5.41, 5.74) is 1.34. The van der Waals surface area contributed by atoms with Crippen LogP contribution in [0.5, 0.6) is 0 Å². The third-order valence-corrected chi connectivity index (χ3v) is 4.56. The lowest BCUT2D eigenvalue weighted by Crippen LogP contribution is -2.52. The maximum Gasteiger partial charge on any atom is 0.118 e. The van der Waals surface area contributed by atoms with Gasteiger partial charge in [0.05, 0.1) is 6.54 Å². The van der Waals surface area contributed by atoms with Gasteiger partial charge in [-0.2, -0.15) is 0 Å². The first kappa shape index (κ1) is 16.2. The Morgan fingerprint density at radius 2 is 1.91 bits per heavy atom. The molecule has 0 radical (unpaired) electrons. The highest BCUT2D eigenvalue weighted by Crippen LogP contribution is 2.19. The fourth-order valence-electron chi connectivity index (χ4n) is 3.34. The van der Waals surface area contributed by atoms with E-state index in [0.29, 0.717) is 6.04 Å². The van der Waals surface area contributed by atoms with Crippen LogP contribution in [0.25, 0.3) is 0 Å². The number of aliphatic hydroxyl groups excluding tert-OH is 1. The van der Waals surface area contributed by atoms with Crippen LogP contribution in [-0.2, 0) is 13.1 Å². The second-order valence-corrected chi connectivity index (χ2v) is 6.37. The maximum atomic E-state index is 9.42. The molecule has 0 saturated carbocycles. The molecule has 1 aromatic carbocycles. The molecular formula is C19H26N2O2. The van der Waals surface area contributed by atoms with Crippen molar-refractivity contribution in [1.29, 1.82) is 0 Å². The minimum Gasteiger partial charge on any atom is -0.465 e. The van der Waals surface area contributed by atoms with Crippen LogP contribution in [0.3, 0.4) is 0 Å². The zero-order chi connectivity index (χ0) is 16.1. The van der Waals surface area contributed by atoms with Gasteiger partial charge >= 0.3 is 0 Å². The highest BCUT2D eigenvalue weighted by atomic mass is 16.3. The number of piperazine rings is 1. The van der Waals surface area contributed by atoms with E-state index in [2.05, 4.69) is 46.2 Å². The number of aliphatic hydroxyl groups is 1. The third-order valence-electron chi connectivity index (χ3n) is 4.56. The van der Waals surface area contributed by atoms with Gasteiger partial charge in [0.25, 0.3) is 0 Å². The number of nitrogens with zero attached hydrogens (tertiary/aromatic N) is 2. The van der Waals surface area contributed by atoms with E-state index in [1.54, 1.807) is 0 Å². The zero-order valence-corrected chi connectivity index (χ0v) is 13.8. The lowest BCUT2D eigenvalue weighted by Gasteiger charge is -2.41. The summed E-state index contributed by atoms with van der Waals surface area (Å²) < 4.78 is 5.70. The summed E-state index contributed by atoms with van der Waals surface area (Å²) in [6.45, 7) is 7.08. The largest absolute Gasteiger partial charge is 0.465 e. The molecule has 1 aliphatic rings. The molecule has 0 bridgehead atoms. The molecule has 3 rings (SSSR count). The minimum atomic E-state index is 0.240. The summed E-state index contributed by atoms with van der Waals surface area (Å²) in [6.07, 6.45) is 0.820. The molecule has 1 saturated heterocycles. The fourth-order valence-corrected chi connectivity index (χ4v) is 3.34. The average Bonchev–Trinajstić information content (AvgIpc) is 2.96. The molecule has 2 heterocycles. The van der Waals surface area contributed by atoms with Crippen LogP contribution >= 0.6 is 0 Å². The van der Waals surface area contributed by atoms with Gasteiger partial charge in [-0.1, -0.05) is 30.3 Å². The van der Waals surface area contributed by atoms with Crippen molar-refractivity contribution < 1.29 is 9.52 Å². The molecule has 1 N–H and O–H groups in total. The molecule has 4 heteroatoms. The fraction of sp³-hybridized carbons (Fsp3) is 0.474. The van der Waals surface area contributed by atoms with E-state index in [1.807, 2.05) is 13.0 Å². The van der Waals surface area contributed by atoms with Crippen LogP contribution in [-0.4, -0.2) is 47.2 Å². The van der Waals surface area contributed by atoms with Crippen LogP contribution < -0.4 is 0 Å². The van der Waals surface area contributed by atoms with Crippen molar-refractivity contribution in [2.45, 2.75) is 32.5 Å². The Morgan fingerprint density at radius 1 is 1.09 bits per heavy atom. The van der Waals surface area contributed by atoms with E-state index in [4.69, 9.17) is 4.42 Å². The van der Waals surface area contributed by atoms with Crippen molar-refractivity contribution in [2.24, 2.45) is 0 Å². The molecule has 0 aliphatic carbocycles. The highest BCUT2D eigenvalue weighted by molar-refractivity contribution is 5.15. The third kappa shape index (κ3) is 4.44. The molecule has 1 atom stereocenters. The molecular weight excluding hydrogens is 288 g/mol. The highest BCUT2D eigenvalue weighted by Gasteiger charge is 2.27. The Morgan fingerprint density at radius 3 is 2.61 bits per heavy atom. The number of benzene rings is 1. The lowest BCUT2D eigenvalue weighted by molar-refractivity contribution is 0.0467. The summed E-state index contributed by atoms with van der Waals surface area (Å²) >= 11 is 0. The van der Waals surface area contributed by atoms with Crippen LogP contribution in [0.4, 0.5) is 0 Å². The standard InChI is InChI=1S/C19H26N2O2/c1-16-7-8-19(23-16)15-20-10-11-21(18(14-20)9-12-22)13-17-5-3-2-4-6-17/h2-8,18,22H,9-15H2,1H3. The SMILES string of the molecule is Cc1ccc(CN2CCN(Cc3ccccc3)C(CCO)C2)o1. The van der Waals surface area contributed by atoms with E-state index in [-0.39, 0.29) is 6.61 Å². The van der Waals surface area contributed by atoms with E-state index < -0.39 is 0 Å². The maximum absolute atomic E-state index is 9.42. The van der Waals surface area contributed by atoms with Gasteiger partial charge in [0, 0.05) is 38.8 Å². The molecule has 124 valence electrons. The quantitative estimate of drug-likeness (QED) is 0.890. The zero-order valence-electron chi connectivity index (χ0n) is 13.8. The first-order valence-corrected chi connectivity index (χ1v) is 8.41. The Labute approximate surface area is 138 Å². The number of furan rings is 1. The van der Waals surface area contributed by atoms with Crippen molar-refractivity contribution in [2.75, 3.05) is 26.2 Å². The van der Waals surface area contributed by atoms with E-state index >= 15 is 0 Å². The minimum absolute atomic E-state index is 0.240. The summed E-state index contributed by atoms with van der Waals surface area (Å²) in [4.78, 5) is 4.93. The first-order valence-electron chi connectivity index (χ1n) is 8.41. The van der Waals surface area contributed by atoms with Gasteiger partial charge in [0.2, 0.25) is 0 Å². The number of hydrogen-bond donors (Lipinski definition) is 1. The van der Waals surface area contributed by atoms with Crippen molar-refractivity contribution in [3.05, 3.63) is 59.5 Å². The summed E-state index contributed by atoms with van der Waals surface area (Å²) in [5, 5.41) is 9.42. The lowest BCUT2D eigenvalue weighted by atomic mass is 10.1. The van der Waals surface area contributed by atoms with E-state index in [1.165, 1.54) is 5.56 Å². The van der Waals surface area contributed by atoms with Crippen LogP contribution in [0.15, 0.2) is 46.9 Å². The Bertz CT molecular complexity index is 596. The van der Waals surface area contributed by atoms with Gasteiger partial charge < -0.3 is 9.52 Å². The van der Waals surface area contributed by atoms with Gasteiger partial charge in [-0.25, -0.2) is 0 Å². The molecule has 2 aromatic rings. The average molecular weight is 314 g/mol. The molecule has 1 aliphatic heterocycles. The predicted octanol–water partition coefficient (Wildman–Crippen LogP) is 2.66. The Balaban J connectivity index is 1.61. The van der Waals surface area contributed by atoms with E-state index in [0.717, 1.165) is 50.7 Å². The molecule has 0 spiro atoms. The van der Waals surface area contributed by atoms with Gasteiger partial charge in [-0.05, 0) is 31.0 Å². The Hall–Kier alpha value is -1.62. The van der Waals surface area contributed by atoms with Gasteiger partial charge in [-0.15, -0.1) is 0 Å². The van der Waals surface area contributed by atoms with Crippen molar-refractivity contribution in [1.82, 2.24) is 9.80 Å². The number of hydrogen-bond acceptors (Lipinski definition) is 4. The van der Waals surface area contributed by atoms with E-state index in [9.17, 15) is 5.11 Å². The molecule has 23 heavy (non-hydrogen) atoms. The monoisotopic (exact) mass is 314 g/mol. The smallest absolute Gasteiger partial charge is 0.118 e. The topological polar surface area (TPSA) is 39.9 Å². The normalized spacial score (nSPS) is 20.0. The molecule has 1 unspecified atom stereocenters. The van der Waals surface area contributed by atoms with Gasteiger partial charge in [0.15, 0.2) is 0 Å². The summed E-state index contributed by atoms with van der Waals surface area (Å²) in [7, 11) is 0. The van der Waals surface area contributed by atoms with Gasteiger partial charge in [-0.3, -0.25) is 9.80 Å². The summed E-state index contributed by atoms with van der Waals surface area (Å²) in [5.74, 6) is 2.00. The van der Waals surface area contributed by atoms with Crippen molar-refractivity contribution >= 4 is 0 Å². The van der Waals surface area contributed by atoms with Crippen molar-refractivity contribution in [3.8, 4) is 0 Å². The van der Waals surface area contributed by atoms with Crippen LogP contribution in [0, 0.1) is 6.92 Å². The Kier molecular flexibility index (Phi) is 5.49.